The minimum atomic E-state index is -3.29. The van der Waals surface area contributed by atoms with E-state index >= 15 is 0 Å². The molecule has 0 aromatic heterocycles. The molecule has 0 bridgehead atoms. The van der Waals surface area contributed by atoms with Crippen molar-refractivity contribution in [2.75, 3.05) is 56.4 Å². The van der Waals surface area contributed by atoms with Gasteiger partial charge < -0.3 is 9.64 Å². The third-order valence-electron chi connectivity index (χ3n) is 5.74. The summed E-state index contributed by atoms with van der Waals surface area (Å²) in [4.78, 5) is 17.1. The van der Waals surface area contributed by atoms with Crippen molar-refractivity contribution in [1.82, 2.24) is 9.80 Å². The van der Waals surface area contributed by atoms with Crippen molar-refractivity contribution in [3.63, 3.8) is 0 Å². The van der Waals surface area contributed by atoms with E-state index in [1.807, 2.05) is 29.2 Å². The molecule has 1 saturated heterocycles. The van der Waals surface area contributed by atoms with Crippen LogP contribution in [0.15, 0.2) is 42.5 Å². The Balaban J connectivity index is 1.29. The summed E-state index contributed by atoms with van der Waals surface area (Å²) >= 11 is 6.11. The molecule has 0 atom stereocenters. The molecule has 2 aliphatic heterocycles. The first-order valence-electron chi connectivity index (χ1n) is 10.3. The van der Waals surface area contributed by atoms with Gasteiger partial charge in [0.2, 0.25) is 10.0 Å². The molecule has 31 heavy (non-hydrogen) atoms. The first kappa shape index (κ1) is 21.9. The SMILES string of the molecule is CS(=O)(=O)N1CCc2cc(C(=O)N3CCN(CCOc4ccccc4Cl)CC3)ccc21. The molecule has 9 heteroatoms. The van der Waals surface area contributed by atoms with Crippen LogP contribution in [-0.4, -0.2) is 76.3 Å². The van der Waals surface area contributed by atoms with E-state index in [0.717, 1.165) is 25.2 Å². The van der Waals surface area contributed by atoms with Crippen LogP contribution in [0.5, 0.6) is 5.75 Å². The van der Waals surface area contributed by atoms with Gasteiger partial charge in [-0.25, -0.2) is 8.42 Å². The highest BCUT2D eigenvalue weighted by Crippen LogP contribution is 2.31. The molecule has 0 radical (unpaired) electrons. The standard InChI is InChI=1S/C22H26ClN3O4S/c1-31(28,29)26-9-8-17-16-18(6-7-20(17)26)22(27)25-12-10-24(11-13-25)14-15-30-21-5-3-2-4-19(21)23/h2-7,16H,8-15H2,1H3. The highest BCUT2D eigenvalue weighted by molar-refractivity contribution is 7.92. The quantitative estimate of drug-likeness (QED) is 0.658. The molecular formula is C22H26ClN3O4S. The fraction of sp³-hybridized carbons (Fsp3) is 0.409. The number of nitrogens with zero attached hydrogens (tertiary/aromatic N) is 3. The second-order valence-electron chi connectivity index (χ2n) is 7.84. The van der Waals surface area contributed by atoms with E-state index in [9.17, 15) is 13.2 Å². The van der Waals surface area contributed by atoms with Gasteiger partial charge in [-0.05, 0) is 42.3 Å². The second kappa shape index (κ2) is 9.06. The van der Waals surface area contributed by atoms with Gasteiger partial charge in [0, 0.05) is 44.8 Å². The van der Waals surface area contributed by atoms with E-state index in [0.29, 0.717) is 54.7 Å². The third kappa shape index (κ3) is 4.97. The summed E-state index contributed by atoms with van der Waals surface area (Å²) in [5, 5.41) is 0.604. The zero-order chi connectivity index (χ0) is 22.0. The van der Waals surface area contributed by atoms with E-state index in [1.165, 1.54) is 10.6 Å². The third-order valence-corrected chi connectivity index (χ3v) is 7.23. The zero-order valence-electron chi connectivity index (χ0n) is 17.5. The van der Waals surface area contributed by atoms with Gasteiger partial charge in [0.15, 0.2) is 0 Å². The number of benzene rings is 2. The molecule has 7 nitrogen and oxygen atoms in total. The van der Waals surface area contributed by atoms with E-state index in [2.05, 4.69) is 4.90 Å². The van der Waals surface area contributed by atoms with Gasteiger partial charge in [0.05, 0.1) is 17.0 Å². The van der Waals surface area contributed by atoms with Gasteiger partial charge in [0.1, 0.15) is 12.4 Å². The Kier molecular flexibility index (Phi) is 6.41. The summed E-state index contributed by atoms with van der Waals surface area (Å²) in [5.74, 6) is 0.677. The van der Waals surface area contributed by atoms with Crippen LogP contribution in [0.25, 0.3) is 0 Å². The summed E-state index contributed by atoms with van der Waals surface area (Å²) in [6, 6.07) is 12.7. The fourth-order valence-corrected chi connectivity index (χ4v) is 5.20. The number of hydrogen-bond donors (Lipinski definition) is 0. The lowest BCUT2D eigenvalue weighted by molar-refractivity contribution is 0.0620. The number of amides is 1. The maximum atomic E-state index is 13.0. The molecule has 0 saturated carbocycles. The Morgan fingerprint density at radius 3 is 2.52 bits per heavy atom. The molecule has 0 N–H and O–H groups in total. The van der Waals surface area contributed by atoms with Crippen molar-refractivity contribution in [1.29, 1.82) is 0 Å². The van der Waals surface area contributed by atoms with Crippen LogP contribution in [0, 0.1) is 0 Å². The van der Waals surface area contributed by atoms with Crippen LogP contribution >= 0.6 is 11.6 Å². The van der Waals surface area contributed by atoms with Crippen LogP contribution in [0.3, 0.4) is 0 Å². The summed E-state index contributed by atoms with van der Waals surface area (Å²) in [5.41, 5.74) is 2.21. The summed E-state index contributed by atoms with van der Waals surface area (Å²) in [6.07, 6.45) is 1.84. The number of para-hydroxylation sites is 1. The number of halogens is 1. The minimum Gasteiger partial charge on any atom is -0.491 e. The minimum absolute atomic E-state index is 0.00688. The number of carbonyl (C=O) groups excluding carboxylic acids is 1. The van der Waals surface area contributed by atoms with Gasteiger partial charge in [-0.3, -0.25) is 14.0 Å². The van der Waals surface area contributed by atoms with Gasteiger partial charge in [-0.15, -0.1) is 0 Å². The molecule has 2 aromatic carbocycles. The maximum absolute atomic E-state index is 13.0. The summed E-state index contributed by atoms with van der Waals surface area (Å²) in [6.45, 7) is 4.61. The first-order valence-corrected chi connectivity index (χ1v) is 12.5. The average Bonchev–Trinajstić information content (AvgIpc) is 3.19. The molecule has 0 unspecified atom stereocenters. The van der Waals surface area contributed by atoms with Crippen LogP contribution in [0.1, 0.15) is 15.9 Å². The number of carbonyl (C=O) groups is 1. The van der Waals surface area contributed by atoms with Crippen molar-refractivity contribution < 1.29 is 17.9 Å². The van der Waals surface area contributed by atoms with Gasteiger partial charge in [0.25, 0.3) is 5.91 Å². The Morgan fingerprint density at radius 1 is 1.06 bits per heavy atom. The zero-order valence-corrected chi connectivity index (χ0v) is 19.0. The van der Waals surface area contributed by atoms with E-state index in [-0.39, 0.29) is 5.91 Å². The molecule has 1 fully saturated rings. The number of rotatable bonds is 6. The lowest BCUT2D eigenvalue weighted by atomic mass is 10.1. The highest BCUT2D eigenvalue weighted by Gasteiger charge is 2.28. The molecule has 2 aromatic rings. The predicted molar refractivity (Wildman–Crippen MR) is 122 cm³/mol. The van der Waals surface area contributed by atoms with Crippen molar-refractivity contribution in [3.05, 3.63) is 58.6 Å². The fourth-order valence-electron chi connectivity index (χ4n) is 4.05. The Hall–Kier alpha value is -2.29. The molecule has 2 aliphatic rings. The largest absolute Gasteiger partial charge is 0.491 e. The number of hydrogen-bond acceptors (Lipinski definition) is 5. The van der Waals surface area contributed by atoms with Crippen molar-refractivity contribution in [2.45, 2.75) is 6.42 Å². The van der Waals surface area contributed by atoms with Crippen LogP contribution in [-0.2, 0) is 16.4 Å². The molecule has 166 valence electrons. The Morgan fingerprint density at radius 2 is 1.81 bits per heavy atom. The number of anilines is 1. The molecule has 1 amide bonds. The number of piperazine rings is 1. The van der Waals surface area contributed by atoms with Gasteiger partial charge in [-0.2, -0.15) is 0 Å². The lowest BCUT2D eigenvalue weighted by Crippen LogP contribution is -2.49. The molecular weight excluding hydrogens is 438 g/mol. The van der Waals surface area contributed by atoms with Crippen LogP contribution in [0.2, 0.25) is 5.02 Å². The highest BCUT2D eigenvalue weighted by atomic mass is 35.5. The van der Waals surface area contributed by atoms with E-state index in [4.69, 9.17) is 16.3 Å². The second-order valence-corrected chi connectivity index (χ2v) is 10.2. The van der Waals surface area contributed by atoms with Crippen LogP contribution in [0.4, 0.5) is 5.69 Å². The number of ether oxygens (including phenoxy) is 1. The smallest absolute Gasteiger partial charge is 0.253 e. The number of fused-ring (bicyclic) bond motifs is 1. The van der Waals surface area contributed by atoms with Crippen molar-refractivity contribution in [3.8, 4) is 5.75 Å². The van der Waals surface area contributed by atoms with E-state index in [1.54, 1.807) is 18.2 Å². The Labute approximate surface area is 188 Å². The monoisotopic (exact) mass is 463 g/mol. The number of sulfonamides is 1. The summed E-state index contributed by atoms with van der Waals surface area (Å²) in [7, 11) is -3.29. The molecule has 0 aliphatic carbocycles. The van der Waals surface area contributed by atoms with Gasteiger partial charge >= 0.3 is 0 Å². The summed E-state index contributed by atoms with van der Waals surface area (Å²) < 4.78 is 31.0. The lowest BCUT2D eigenvalue weighted by Gasteiger charge is -2.34. The normalized spacial score (nSPS) is 17.0. The molecule has 4 rings (SSSR count). The van der Waals surface area contributed by atoms with Crippen LogP contribution < -0.4 is 9.04 Å². The molecule has 2 heterocycles. The predicted octanol–water partition coefficient (Wildman–Crippen LogP) is 2.50. The topological polar surface area (TPSA) is 70.2 Å². The Bertz CT molecular complexity index is 1070. The first-order chi connectivity index (χ1) is 14.8. The van der Waals surface area contributed by atoms with E-state index < -0.39 is 10.0 Å². The molecule has 0 spiro atoms. The van der Waals surface area contributed by atoms with Crippen molar-refractivity contribution >= 4 is 33.2 Å². The van der Waals surface area contributed by atoms with Crippen molar-refractivity contribution in [2.24, 2.45) is 0 Å². The average molecular weight is 464 g/mol. The van der Waals surface area contributed by atoms with Gasteiger partial charge in [-0.1, -0.05) is 23.7 Å². The maximum Gasteiger partial charge on any atom is 0.253 e.